The second-order valence-electron chi connectivity index (χ2n) is 4.94. The SMILES string of the molecule is CCC(=O)Nc1ccc(Cl)c(NC(=O)C=Cc2ccccc2Br)c1. The average Bonchev–Trinajstić information content (AvgIpc) is 2.57. The van der Waals surface area contributed by atoms with E-state index in [2.05, 4.69) is 26.6 Å². The third-order valence-corrected chi connectivity index (χ3v) is 4.20. The molecule has 4 nitrogen and oxygen atoms in total. The molecule has 0 aliphatic carbocycles. The first kappa shape index (κ1) is 18.2. The molecule has 2 rings (SSSR count). The smallest absolute Gasteiger partial charge is 0.248 e. The van der Waals surface area contributed by atoms with Gasteiger partial charge in [0.2, 0.25) is 11.8 Å². The maximum absolute atomic E-state index is 12.1. The first-order chi connectivity index (χ1) is 11.5. The van der Waals surface area contributed by atoms with Gasteiger partial charge in [0.05, 0.1) is 10.7 Å². The third kappa shape index (κ3) is 5.22. The molecule has 0 spiro atoms. The Morgan fingerprint density at radius 1 is 1.17 bits per heavy atom. The van der Waals surface area contributed by atoms with Crippen molar-refractivity contribution in [2.45, 2.75) is 13.3 Å². The Morgan fingerprint density at radius 3 is 2.62 bits per heavy atom. The minimum atomic E-state index is -0.313. The summed E-state index contributed by atoms with van der Waals surface area (Å²) in [5, 5.41) is 5.83. The van der Waals surface area contributed by atoms with E-state index in [4.69, 9.17) is 11.6 Å². The van der Waals surface area contributed by atoms with Gasteiger partial charge in [0.1, 0.15) is 0 Å². The predicted octanol–water partition coefficient (Wildman–Crippen LogP) is 5.10. The van der Waals surface area contributed by atoms with Crippen LogP contribution in [0, 0.1) is 0 Å². The van der Waals surface area contributed by atoms with Gasteiger partial charge in [-0.25, -0.2) is 0 Å². The number of benzene rings is 2. The van der Waals surface area contributed by atoms with Gasteiger partial charge in [-0.1, -0.05) is 52.7 Å². The van der Waals surface area contributed by atoms with E-state index in [9.17, 15) is 9.59 Å². The molecule has 0 atom stereocenters. The van der Waals surface area contributed by atoms with Gasteiger partial charge in [-0.05, 0) is 35.9 Å². The van der Waals surface area contributed by atoms with Crippen molar-refractivity contribution in [2.75, 3.05) is 10.6 Å². The summed E-state index contributed by atoms with van der Waals surface area (Å²) < 4.78 is 0.899. The summed E-state index contributed by atoms with van der Waals surface area (Å²) in [6, 6.07) is 12.5. The lowest BCUT2D eigenvalue weighted by atomic mass is 10.2. The molecule has 2 aromatic carbocycles. The van der Waals surface area contributed by atoms with E-state index in [0.29, 0.717) is 22.8 Å². The molecule has 24 heavy (non-hydrogen) atoms. The lowest BCUT2D eigenvalue weighted by molar-refractivity contribution is -0.116. The molecule has 2 aromatic rings. The van der Waals surface area contributed by atoms with E-state index in [-0.39, 0.29) is 11.8 Å². The molecule has 0 saturated heterocycles. The first-order valence-electron chi connectivity index (χ1n) is 7.32. The molecule has 0 unspecified atom stereocenters. The third-order valence-electron chi connectivity index (χ3n) is 3.15. The number of carbonyl (C=O) groups excluding carboxylic acids is 2. The Balaban J connectivity index is 2.09. The van der Waals surface area contributed by atoms with E-state index in [1.807, 2.05) is 24.3 Å². The quantitative estimate of drug-likeness (QED) is 0.677. The van der Waals surface area contributed by atoms with Gasteiger partial charge >= 0.3 is 0 Å². The van der Waals surface area contributed by atoms with Crippen molar-refractivity contribution in [3.05, 3.63) is 63.6 Å². The van der Waals surface area contributed by atoms with Crippen LogP contribution in [0.1, 0.15) is 18.9 Å². The van der Waals surface area contributed by atoms with E-state index >= 15 is 0 Å². The highest BCUT2D eigenvalue weighted by Gasteiger charge is 2.07. The van der Waals surface area contributed by atoms with Crippen molar-refractivity contribution >= 4 is 56.8 Å². The summed E-state index contributed by atoms with van der Waals surface area (Å²) in [6.07, 6.45) is 3.50. The molecular formula is C18H16BrClN2O2. The summed E-state index contributed by atoms with van der Waals surface area (Å²) in [7, 11) is 0. The fraction of sp³-hybridized carbons (Fsp3) is 0.111. The highest BCUT2D eigenvalue weighted by atomic mass is 79.9. The summed E-state index contributed by atoms with van der Waals surface area (Å²) in [5.74, 6) is -0.421. The number of hydrogen-bond donors (Lipinski definition) is 2. The van der Waals surface area contributed by atoms with Crippen LogP contribution in [0.4, 0.5) is 11.4 Å². The average molecular weight is 408 g/mol. The van der Waals surface area contributed by atoms with Gasteiger partial charge in [-0.3, -0.25) is 9.59 Å². The molecule has 6 heteroatoms. The molecule has 2 N–H and O–H groups in total. The maximum atomic E-state index is 12.1. The van der Waals surface area contributed by atoms with Crippen LogP contribution in [0.5, 0.6) is 0 Å². The van der Waals surface area contributed by atoms with E-state index in [1.54, 1.807) is 31.2 Å². The van der Waals surface area contributed by atoms with E-state index in [0.717, 1.165) is 10.0 Å². The van der Waals surface area contributed by atoms with Crippen molar-refractivity contribution < 1.29 is 9.59 Å². The molecule has 0 fully saturated rings. The Bertz CT molecular complexity index is 790. The maximum Gasteiger partial charge on any atom is 0.248 e. The fourth-order valence-electron chi connectivity index (χ4n) is 1.90. The van der Waals surface area contributed by atoms with Gasteiger partial charge in [-0.15, -0.1) is 0 Å². The second kappa shape index (κ2) is 8.66. The molecular weight excluding hydrogens is 392 g/mol. The lowest BCUT2D eigenvalue weighted by Crippen LogP contribution is -2.11. The summed E-state index contributed by atoms with van der Waals surface area (Å²) >= 11 is 9.51. The number of carbonyl (C=O) groups is 2. The zero-order chi connectivity index (χ0) is 17.5. The molecule has 124 valence electrons. The minimum Gasteiger partial charge on any atom is -0.326 e. The van der Waals surface area contributed by atoms with Gasteiger partial charge in [-0.2, -0.15) is 0 Å². The molecule has 0 aromatic heterocycles. The molecule has 2 amide bonds. The number of anilines is 2. The first-order valence-corrected chi connectivity index (χ1v) is 8.49. The number of amides is 2. The molecule has 0 radical (unpaired) electrons. The largest absolute Gasteiger partial charge is 0.326 e. The Hall–Kier alpha value is -2.11. The standard InChI is InChI=1S/C18H16BrClN2O2/c1-2-17(23)21-13-8-9-15(20)16(11-13)22-18(24)10-7-12-5-3-4-6-14(12)19/h3-11H,2H2,1H3,(H,21,23)(H,22,24). The van der Waals surface area contributed by atoms with E-state index < -0.39 is 0 Å². The van der Waals surface area contributed by atoms with Crippen LogP contribution in [0.25, 0.3) is 6.08 Å². The molecule has 0 saturated carbocycles. The normalized spacial score (nSPS) is 10.6. The van der Waals surface area contributed by atoms with Crippen molar-refractivity contribution in [1.29, 1.82) is 0 Å². The van der Waals surface area contributed by atoms with Crippen LogP contribution in [0.3, 0.4) is 0 Å². The van der Waals surface area contributed by atoms with Crippen LogP contribution >= 0.6 is 27.5 Å². The number of rotatable bonds is 5. The Morgan fingerprint density at radius 2 is 1.92 bits per heavy atom. The van der Waals surface area contributed by atoms with E-state index in [1.165, 1.54) is 6.08 Å². The predicted molar refractivity (Wildman–Crippen MR) is 102 cm³/mol. The van der Waals surface area contributed by atoms with Crippen molar-refractivity contribution in [1.82, 2.24) is 0 Å². The number of nitrogens with one attached hydrogen (secondary N) is 2. The summed E-state index contributed by atoms with van der Waals surface area (Å²) in [4.78, 5) is 23.5. The Kier molecular flexibility index (Phi) is 6.58. The van der Waals surface area contributed by atoms with Crippen molar-refractivity contribution in [3.63, 3.8) is 0 Å². The van der Waals surface area contributed by atoms with Crippen LogP contribution in [0.2, 0.25) is 5.02 Å². The topological polar surface area (TPSA) is 58.2 Å². The van der Waals surface area contributed by atoms with Gasteiger partial charge in [0, 0.05) is 22.7 Å². The monoisotopic (exact) mass is 406 g/mol. The number of halogens is 2. The Labute approximate surface area is 154 Å². The molecule has 0 aliphatic rings. The second-order valence-corrected chi connectivity index (χ2v) is 6.20. The molecule has 0 bridgehead atoms. The zero-order valence-corrected chi connectivity index (χ0v) is 15.3. The van der Waals surface area contributed by atoms with Crippen LogP contribution in [-0.4, -0.2) is 11.8 Å². The lowest BCUT2D eigenvalue weighted by Gasteiger charge is -2.09. The highest BCUT2D eigenvalue weighted by Crippen LogP contribution is 2.26. The van der Waals surface area contributed by atoms with Crippen molar-refractivity contribution in [3.8, 4) is 0 Å². The van der Waals surface area contributed by atoms with Gasteiger partial charge in [0.25, 0.3) is 0 Å². The van der Waals surface area contributed by atoms with Crippen molar-refractivity contribution in [2.24, 2.45) is 0 Å². The summed E-state index contributed by atoms with van der Waals surface area (Å²) in [6.45, 7) is 1.76. The molecule has 0 aliphatic heterocycles. The fourth-order valence-corrected chi connectivity index (χ4v) is 2.48. The van der Waals surface area contributed by atoms with Gasteiger partial charge < -0.3 is 10.6 Å². The highest BCUT2D eigenvalue weighted by molar-refractivity contribution is 9.10. The number of hydrogen-bond acceptors (Lipinski definition) is 2. The van der Waals surface area contributed by atoms with Crippen LogP contribution in [-0.2, 0) is 9.59 Å². The summed E-state index contributed by atoms with van der Waals surface area (Å²) in [5.41, 5.74) is 1.91. The van der Waals surface area contributed by atoms with Crippen LogP contribution in [0.15, 0.2) is 53.0 Å². The molecule has 0 heterocycles. The zero-order valence-electron chi connectivity index (χ0n) is 13.0. The minimum absolute atomic E-state index is 0.108. The van der Waals surface area contributed by atoms with Gasteiger partial charge in [0.15, 0.2) is 0 Å². The van der Waals surface area contributed by atoms with Crippen LogP contribution < -0.4 is 10.6 Å².